The molecule has 2 rings (SSSR count). The smallest absolute Gasteiger partial charge is 0.159 e. The summed E-state index contributed by atoms with van der Waals surface area (Å²) in [6.45, 7) is 0. The highest BCUT2D eigenvalue weighted by Crippen LogP contribution is 2.36. The average molecular weight is 226 g/mol. The summed E-state index contributed by atoms with van der Waals surface area (Å²) in [6.07, 6.45) is 1.12. The predicted molar refractivity (Wildman–Crippen MR) is 53.7 cm³/mol. The Balaban J connectivity index is 2.29. The van der Waals surface area contributed by atoms with E-state index >= 15 is 0 Å². The second-order valence-electron chi connectivity index (χ2n) is 4.20. The molecule has 0 unspecified atom stereocenters. The molecule has 0 heterocycles. The van der Waals surface area contributed by atoms with Crippen LogP contribution in [0, 0.1) is 11.6 Å². The molecular formula is C12H12F2O2. The Bertz CT molecular complexity index is 419. The lowest BCUT2D eigenvalue weighted by Gasteiger charge is -2.31. The maximum atomic E-state index is 13.0. The minimum atomic E-state index is -1.19. The van der Waals surface area contributed by atoms with Gasteiger partial charge in [-0.1, -0.05) is 6.07 Å². The highest BCUT2D eigenvalue weighted by atomic mass is 19.2. The maximum Gasteiger partial charge on any atom is 0.159 e. The van der Waals surface area contributed by atoms with Gasteiger partial charge in [0.1, 0.15) is 5.78 Å². The summed E-state index contributed by atoms with van der Waals surface area (Å²) >= 11 is 0. The number of benzene rings is 1. The van der Waals surface area contributed by atoms with Gasteiger partial charge in [0.2, 0.25) is 0 Å². The van der Waals surface area contributed by atoms with E-state index in [4.69, 9.17) is 0 Å². The van der Waals surface area contributed by atoms with Crippen LogP contribution in [-0.4, -0.2) is 10.9 Å². The molecule has 0 spiro atoms. The molecule has 1 aliphatic rings. The van der Waals surface area contributed by atoms with Crippen LogP contribution in [0.15, 0.2) is 18.2 Å². The minimum Gasteiger partial charge on any atom is -0.385 e. The second kappa shape index (κ2) is 3.94. The summed E-state index contributed by atoms with van der Waals surface area (Å²) in [5.41, 5.74) is -0.846. The number of hydrogen-bond donors (Lipinski definition) is 1. The zero-order chi connectivity index (χ0) is 11.8. The van der Waals surface area contributed by atoms with Crippen LogP contribution in [0.1, 0.15) is 31.2 Å². The van der Waals surface area contributed by atoms with Crippen molar-refractivity contribution in [2.45, 2.75) is 31.3 Å². The Hall–Kier alpha value is -1.29. The van der Waals surface area contributed by atoms with Crippen LogP contribution in [0.3, 0.4) is 0 Å². The molecule has 1 fully saturated rings. The molecule has 86 valence electrons. The third kappa shape index (κ3) is 1.97. The van der Waals surface area contributed by atoms with Crippen LogP contribution in [0.2, 0.25) is 0 Å². The Morgan fingerprint density at radius 1 is 1.12 bits per heavy atom. The first-order valence-electron chi connectivity index (χ1n) is 5.21. The van der Waals surface area contributed by atoms with Crippen LogP contribution < -0.4 is 0 Å². The molecule has 1 N–H and O–H groups in total. The van der Waals surface area contributed by atoms with Crippen LogP contribution in [0.5, 0.6) is 0 Å². The maximum absolute atomic E-state index is 13.0. The zero-order valence-corrected chi connectivity index (χ0v) is 8.67. The third-order valence-electron chi connectivity index (χ3n) is 3.09. The highest BCUT2D eigenvalue weighted by molar-refractivity contribution is 5.79. The molecule has 0 bridgehead atoms. The van der Waals surface area contributed by atoms with Crippen molar-refractivity contribution in [3.8, 4) is 0 Å². The lowest BCUT2D eigenvalue weighted by atomic mass is 9.79. The summed E-state index contributed by atoms with van der Waals surface area (Å²) in [7, 11) is 0. The predicted octanol–water partition coefficient (Wildman–Crippen LogP) is 2.30. The molecule has 0 amide bonds. The average Bonchev–Trinajstić information content (AvgIpc) is 2.26. The van der Waals surface area contributed by atoms with Crippen LogP contribution in [-0.2, 0) is 10.4 Å². The molecule has 0 aromatic heterocycles. The van der Waals surface area contributed by atoms with E-state index in [1.54, 1.807) is 0 Å². The quantitative estimate of drug-likeness (QED) is 0.797. The number of rotatable bonds is 1. The molecular weight excluding hydrogens is 214 g/mol. The van der Waals surface area contributed by atoms with Gasteiger partial charge in [-0.2, -0.15) is 0 Å². The van der Waals surface area contributed by atoms with Gasteiger partial charge in [0.25, 0.3) is 0 Å². The van der Waals surface area contributed by atoms with Crippen molar-refractivity contribution in [2.24, 2.45) is 0 Å². The number of ketones is 1. The van der Waals surface area contributed by atoms with Gasteiger partial charge >= 0.3 is 0 Å². The van der Waals surface area contributed by atoms with Crippen molar-refractivity contribution in [3.05, 3.63) is 35.4 Å². The van der Waals surface area contributed by atoms with E-state index in [1.165, 1.54) is 6.07 Å². The molecule has 0 atom stereocenters. The Labute approximate surface area is 91.9 Å². The zero-order valence-electron chi connectivity index (χ0n) is 8.67. The van der Waals surface area contributed by atoms with E-state index in [-0.39, 0.29) is 31.5 Å². The minimum absolute atomic E-state index is 0.104. The summed E-state index contributed by atoms with van der Waals surface area (Å²) in [5, 5.41) is 10.2. The fraction of sp³-hybridized carbons (Fsp3) is 0.417. The van der Waals surface area contributed by atoms with Gasteiger partial charge in [0, 0.05) is 12.8 Å². The lowest BCUT2D eigenvalue weighted by Crippen LogP contribution is -2.31. The number of carbonyl (C=O) groups excluding carboxylic acids is 1. The first-order chi connectivity index (χ1) is 7.51. The normalized spacial score (nSPS) is 19.8. The first-order valence-corrected chi connectivity index (χ1v) is 5.21. The van der Waals surface area contributed by atoms with Crippen LogP contribution in [0.25, 0.3) is 0 Å². The summed E-state index contributed by atoms with van der Waals surface area (Å²) in [6, 6.07) is 3.37. The Morgan fingerprint density at radius 2 is 1.75 bits per heavy atom. The van der Waals surface area contributed by atoms with E-state index in [0.29, 0.717) is 5.56 Å². The van der Waals surface area contributed by atoms with E-state index in [0.717, 1.165) is 12.1 Å². The van der Waals surface area contributed by atoms with Gasteiger partial charge < -0.3 is 5.11 Å². The number of hydrogen-bond acceptors (Lipinski definition) is 2. The van der Waals surface area contributed by atoms with Crippen molar-refractivity contribution < 1.29 is 18.7 Å². The lowest BCUT2D eigenvalue weighted by molar-refractivity contribution is -0.125. The fourth-order valence-corrected chi connectivity index (χ4v) is 2.02. The van der Waals surface area contributed by atoms with Crippen molar-refractivity contribution in [1.82, 2.24) is 0 Å². The summed E-state index contributed by atoms with van der Waals surface area (Å²) in [5.74, 6) is -1.80. The van der Waals surface area contributed by atoms with Crippen LogP contribution in [0.4, 0.5) is 8.78 Å². The molecule has 0 saturated heterocycles. The Kier molecular flexibility index (Phi) is 2.76. The largest absolute Gasteiger partial charge is 0.385 e. The molecule has 4 heteroatoms. The van der Waals surface area contributed by atoms with E-state index in [2.05, 4.69) is 0 Å². The van der Waals surface area contributed by atoms with E-state index in [9.17, 15) is 18.7 Å². The van der Waals surface area contributed by atoms with Gasteiger partial charge in [0.15, 0.2) is 11.6 Å². The van der Waals surface area contributed by atoms with Gasteiger partial charge in [-0.3, -0.25) is 4.79 Å². The van der Waals surface area contributed by atoms with E-state index in [1.807, 2.05) is 0 Å². The highest BCUT2D eigenvalue weighted by Gasteiger charge is 2.34. The molecule has 16 heavy (non-hydrogen) atoms. The topological polar surface area (TPSA) is 37.3 Å². The van der Waals surface area contributed by atoms with Gasteiger partial charge in [-0.25, -0.2) is 8.78 Å². The summed E-state index contributed by atoms with van der Waals surface area (Å²) < 4.78 is 25.8. The molecule has 1 aliphatic carbocycles. The van der Waals surface area contributed by atoms with Gasteiger partial charge in [-0.05, 0) is 30.5 Å². The number of Topliss-reactive ketones (excluding diaryl/α,β-unsaturated/α-hetero) is 1. The van der Waals surface area contributed by atoms with Crippen molar-refractivity contribution in [1.29, 1.82) is 0 Å². The van der Waals surface area contributed by atoms with Crippen molar-refractivity contribution >= 4 is 5.78 Å². The number of halogens is 2. The monoisotopic (exact) mass is 226 g/mol. The standard InChI is InChI=1S/C12H12F2O2/c13-10-2-1-8(7-11(10)14)12(16)5-3-9(15)4-6-12/h1-2,7,16H,3-6H2. The third-order valence-corrected chi connectivity index (χ3v) is 3.09. The van der Waals surface area contributed by atoms with E-state index < -0.39 is 17.2 Å². The Morgan fingerprint density at radius 3 is 2.31 bits per heavy atom. The van der Waals surface area contributed by atoms with Gasteiger partial charge in [0.05, 0.1) is 5.60 Å². The van der Waals surface area contributed by atoms with Crippen molar-refractivity contribution in [3.63, 3.8) is 0 Å². The van der Waals surface area contributed by atoms with Crippen LogP contribution >= 0.6 is 0 Å². The van der Waals surface area contributed by atoms with Gasteiger partial charge in [-0.15, -0.1) is 0 Å². The number of aliphatic hydroxyl groups is 1. The summed E-state index contributed by atoms with van der Waals surface area (Å²) in [4.78, 5) is 11.1. The fourth-order valence-electron chi connectivity index (χ4n) is 2.02. The second-order valence-corrected chi connectivity index (χ2v) is 4.20. The number of carbonyl (C=O) groups is 1. The molecule has 1 aromatic rings. The van der Waals surface area contributed by atoms with Crippen molar-refractivity contribution in [2.75, 3.05) is 0 Å². The SMILES string of the molecule is O=C1CCC(O)(c2ccc(F)c(F)c2)CC1. The molecule has 0 aliphatic heterocycles. The molecule has 0 radical (unpaired) electrons. The molecule has 1 aromatic carbocycles. The molecule has 1 saturated carbocycles. The first kappa shape index (κ1) is 11.2. The molecule has 2 nitrogen and oxygen atoms in total.